The Balaban J connectivity index is 2.48. The molecule has 0 saturated carbocycles. The van der Waals surface area contributed by atoms with Crippen molar-refractivity contribution in [2.45, 2.75) is 46.1 Å². The van der Waals surface area contributed by atoms with Gasteiger partial charge < -0.3 is 10.2 Å². The fourth-order valence-corrected chi connectivity index (χ4v) is 3.08. The molecular weight excluding hydrogens is 332 g/mol. The first-order chi connectivity index (χ1) is 9.84. The number of hydrogen-bond acceptors (Lipinski definition) is 2. The van der Waals surface area contributed by atoms with Gasteiger partial charge in [-0.3, -0.25) is 9.59 Å². The average Bonchev–Trinajstić information content (AvgIpc) is 2.46. The van der Waals surface area contributed by atoms with Crippen LogP contribution in [-0.4, -0.2) is 23.9 Å². The third-order valence-corrected chi connectivity index (χ3v) is 5.53. The van der Waals surface area contributed by atoms with Crippen LogP contribution in [0.25, 0.3) is 0 Å². The van der Waals surface area contributed by atoms with Crippen molar-refractivity contribution in [1.82, 2.24) is 5.32 Å². The first-order valence-corrected chi connectivity index (χ1v) is 8.03. The summed E-state index contributed by atoms with van der Waals surface area (Å²) in [7, 11) is 0. The van der Waals surface area contributed by atoms with Crippen LogP contribution < -0.4 is 10.2 Å². The van der Waals surface area contributed by atoms with E-state index in [1.807, 2.05) is 39.8 Å². The van der Waals surface area contributed by atoms with Crippen LogP contribution in [0.1, 0.15) is 37.8 Å². The minimum atomic E-state index is -0.774. The second kappa shape index (κ2) is 5.79. The highest BCUT2D eigenvalue weighted by atomic mass is 79.9. The van der Waals surface area contributed by atoms with Crippen molar-refractivity contribution in [3.63, 3.8) is 0 Å². The molecule has 0 unspecified atom stereocenters. The number of hydrogen-bond donors (Lipinski definition) is 1. The maximum absolute atomic E-state index is 12.9. The highest BCUT2D eigenvalue weighted by molar-refractivity contribution is 9.10. The normalized spacial score (nSPS) is 17.9. The van der Waals surface area contributed by atoms with Gasteiger partial charge in [-0.1, -0.05) is 29.8 Å². The summed E-state index contributed by atoms with van der Waals surface area (Å²) in [6, 6.07) is 3.90. The van der Waals surface area contributed by atoms with E-state index in [4.69, 9.17) is 0 Å². The van der Waals surface area contributed by atoms with Crippen molar-refractivity contribution in [2.75, 3.05) is 11.4 Å². The Labute approximate surface area is 134 Å². The number of nitrogens with zero attached hydrogens (tertiary/aromatic N) is 1. The Morgan fingerprint density at radius 2 is 1.71 bits per heavy atom. The molecule has 21 heavy (non-hydrogen) atoms. The molecule has 1 aliphatic heterocycles. The van der Waals surface area contributed by atoms with E-state index in [0.29, 0.717) is 12.8 Å². The molecule has 1 heterocycles. The zero-order valence-electron chi connectivity index (χ0n) is 12.9. The molecule has 0 atom stereocenters. The molecule has 1 fully saturated rings. The SMILES string of the molecule is CCC1(CC)NC(=O)CN(c2cc(C)c(Br)c(C)c2)C1=O. The van der Waals surface area contributed by atoms with Gasteiger partial charge >= 0.3 is 0 Å². The molecule has 0 aromatic heterocycles. The number of halogens is 1. The van der Waals surface area contributed by atoms with E-state index < -0.39 is 5.54 Å². The van der Waals surface area contributed by atoms with Gasteiger partial charge in [0.25, 0.3) is 5.91 Å². The number of carbonyl (C=O) groups is 2. The first kappa shape index (κ1) is 16.0. The summed E-state index contributed by atoms with van der Waals surface area (Å²) in [5, 5.41) is 2.88. The molecule has 2 rings (SSSR count). The summed E-state index contributed by atoms with van der Waals surface area (Å²) in [6.45, 7) is 7.93. The number of carbonyl (C=O) groups excluding carboxylic acids is 2. The molecular formula is C16H21BrN2O2. The maximum Gasteiger partial charge on any atom is 0.253 e. The molecule has 0 bridgehead atoms. The first-order valence-electron chi connectivity index (χ1n) is 7.24. The third-order valence-electron chi connectivity index (χ3n) is 4.27. The molecule has 0 aliphatic carbocycles. The molecule has 4 nitrogen and oxygen atoms in total. The van der Waals surface area contributed by atoms with E-state index in [2.05, 4.69) is 21.2 Å². The van der Waals surface area contributed by atoms with Gasteiger partial charge in [-0.25, -0.2) is 0 Å². The van der Waals surface area contributed by atoms with Crippen LogP contribution in [0.2, 0.25) is 0 Å². The van der Waals surface area contributed by atoms with Crippen molar-refractivity contribution in [3.8, 4) is 0 Å². The van der Waals surface area contributed by atoms with Crippen molar-refractivity contribution < 1.29 is 9.59 Å². The van der Waals surface area contributed by atoms with Gasteiger partial charge in [0.1, 0.15) is 12.1 Å². The summed E-state index contributed by atoms with van der Waals surface area (Å²) in [5.41, 5.74) is 2.13. The minimum absolute atomic E-state index is 0.0202. The zero-order chi connectivity index (χ0) is 15.8. The minimum Gasteiger partial charge on any atom is -0.340 e. The third kappa shape index (κ3) is 2.71. The molecule has 1 saturated heterocycles. The van der Waals surface area contributed by atoms with Crippen LogP contribution in [0.15, 0.2) is 16.6 Å². The van der Waals surface area contributed by atoms with E-state index in [1.54, 1.807) is 4.90 Å². The van der Waals surface area contributed by atoms with Crippen LogP contribution >= 0.6 is 15.9 Å². The lowest BCUT2D eigenvalue weighted by Gasteiger charge is -2.41. The topological polar surface area (TPSA) is 49.4 Å². The van der Waals surface area contributed by atoms with Gasteiger partial charge in [0.05, 0.1) is 0 Å². The molecule has 1 N–H and O–H groups in total. The highest BCUT2D eigenvalue weighted by Crippen LogP contribution is 2.31. The number of amides is 2. The molecule has 5 heteroatoms. The van der Waals surface area contributed by atoms with Crippen molar-refractivity contribution in [2.24, 2.45) is 0 Å². The Kier molecular flexibility index (Phi) is 4.42. The molecule has 1 aromatic rings. The number of aryl methyl sites for hydroxylation is 2. The molecule has 1 aliphatic rings. The highest BCUT2D eigenvalue weighted by Gasteiger charge is 2.44. The smallest absolute Gasteiger partial charge is 0.253 e. The lowest BCUT2D eigenvalue weighted by Crippen LogP contribution is -2.66. The quantitative estimate of drug-likeness (QED) is 0.908. The second-order valence-electron chi connectivity index (χ2n) is 5.62. The van der Waals surface area contributed by atoms with Gasteiger partial charge in [-0.2, -0.15) is 0 Å². The van der Waals surface area contributed by atoms with E-state index >= 15 is 0 Å². The van der Waals surface area contributed by atoms with Crippen LogP contribution in [0, 0.1) is 13.8 Å². The standard InChI is InChI=1S/C16H21BrN2O2/c1-5-16(6-2)15(21)19(9-13(20)18-16)12-7-10(3)14(17)11(4)8-12/h7-8H,5-6,9H2,1-4H3,(H,18,20). The van der Waals surface area contributed by atoms with Gasteiger partial charge in [0.2, 0.25) is 5.91 Å². The van der Waals surface area contributed by atoms with Gasteiger partial charge in [0.15, 0.2) is 0 Å². The second-order valence-corrected chi connectivity index (χ2v) is 6.42. The predicted molar refractivity (Wildman–Crippen MR) is 87.4 cm³/mol. The fraction of sp³-hybridized carbons (Fsp3) is 0.500. The molecule has 114 valence electrons. The van der Waals surface area contributed by atoms with E-state index in [-0.39, 0.29) is 18.4 Å². The van der Waals surface area contributed by atoms with Gasteiger partial charge in [0, 0.05) is 10.2 Å². The molecule has 0 radical (unpaired) electrons. The number of piperazine rings is 1. The Morgan fingerprint density at radius 1 is 1.19 bits per heavy atom. The van der Waals surface area contributed by atoms with Crippen LogP contribution in [0.3, 0.4) is 0 Å². The van der Waals surface area contributed by atoms with Crippen LogP contribution in [0.5, 0.6) is 0 Å². The van der Waals surface area contributed by atoms with E-state index in [9.17, 15) is 9.59 Å². The number of benzene rings is 1. The Hall–Kier alpha value is -1.36. The van der Waals surface area contributed by atoms with Crippen LogP contribution in [0.4, 0.5) is 5.69 Å². The van der Waals surface area contributed by atoms with Crippen molar-refractivity contribution in [1.29, 1.82) is 0 Å². The molecule has 2 amide bonds. The summed E-state index contributed by atoms with van der Waals surface area (Å²) in [5.74, 6) is -0.121. The Morgan fingerprint density at radius 3 is 2.19 bits per heavy atom. The number of rotatable bonds is 3. The van der Waals surface area contributed by atoms with Gasteiger partial charge in [-0.15, -0.1) is 0 Å². The molecule has 0 spiro atoms. The molecule has 1 aromatic carbocycles. The van der Waals surface area contributed by atoms with Gasteiger partial charge in [-0.05, 0) is 49.9 Å². The lowest BCUT2D eigenvalue weighted by molar-refractivity contribution is -0.136. The maximum atomic E-state index is 12.9. The van der Waals surface area contributed by atoms with Crippen molar-refractivity contribution in [3.05, 3.63) is 27.7 Å². The summed E-state index contributed by atoms with van der Waals surface area (Å²) >= 11 is 3.53. The number of anilines is 1. The lowest BCUT2D eigenvalue weighted by atomic mass is 9.88. The largest absolute Gasteiger partial charge is 0.340 e. The van der Waals surface area contributed by atoms with Crippen LogP contribution in [-0.2, 0) is 9.59 Å². The number of nitrogens with one attached hydrogen (secondary N) is 1. The summed E-state index contributed by atoms with van der Waals surface area (Å²) in [6.07, 6.45) is 1.19. The zero-order valence-corrected chi connectivity index (χ0v) is 14.5. The van der Waals surface area contributed by atoms with Crippen molar-refractivity contribution >= 4 is 33.4 Å². The summed E-state index contributed by atoms with van der Waals surface area (Å²) in [4.78, 5) is 26.5. The predicted octanol–water partition coefficient (Wildman–Crippen LogP) is 3.09. The van der Waals surface area contributed by atoms with E-state index in [0.717, 1.165) is 21.3 Å². The Bertz CT molecular complexity index is 571. The monoisotopic (exact) mass is 352 g/mol. The summed E-state index contributed by atoms with van der Waals surface area (Å²) < 4.78 is 1.04. The van der Waals surface area contributed by atoms with E-state index in [1.165, 1.54) is 0 Å². The average molecular weight is 353 g/mol. The fourth-order valence-electron chi connectivity index (χ4n) is 2.85.